The van der Waals surface area contributed by atoms with Crippen LogP contribution in [0.4, 0.5) is 22.7 Å². The molecule has 0 radical (unpaired) electrons. The lowest BCUT2D eigenvalue weighted by molar-refractivity contribution is -0.425. The van der Waals surface area contributed by atoms with E-state index in [0.29, 0.717) is 0 Å². The molecule has 0 saturated carbocycles. The fourth-order valence-corrected chi connectivity index (χ4v) is 9.50. The Morgan fingerprint density at radius 2 is 0.804 bits per heavy atom. The average molecular weight is 769 g/mol. The van der Waals surface area contributed by atoms with Crippen LogP contribution in [-0.2, 0) is 0 Å². The summed E-state index contributed by atoms with van der Waals surface area (Å²) in [7, 11) is 0. The zero-order valence-corrected chi connectivity index (χ0v) is 35.4. The molecule has 0 unspecified atom stereocenters. The molecule has 0 spiro atoms. The number of nitrogens with zero attached hydrogens (tertiary/aromatic N) is 4. The van der Waals surface area contributed by atoms with Crippen molar-refractivity contribution in [2.24, 2.45) is 0 Å². The lowest BCUT2D eigenvalue weighted by Gasteiger charge is -2.39. The molecule has 0 aromatic heterocycles. The molecule has 2 aliphatic rings. The molecule has 4 nitrogen and oxygen atoms in total. The summed E-state index contributed by atoms with van der Waals surface area (Å²) in [4.78, 5) is 6.93. The van der Waals surface area contributed by atoms with Crippen molar-refractivity contribution >= 4 is 63.9 Å². The van der Waals surface area contributed by atoms with Gasteiger partial charge in [0.05, 0.1) is 0 Å². The Kier molecular flexibility index (Phi) is 12.8. The second-order valence-corrected chi connectivity index (χ2v) is 17.2. The summed E-state index contributed by atoms with van der Waals surface area (Å²) in [6.07, 6.45) is 1.93. The third kappa shape index (κ3) is 8.68. The van der Waals surface area contributed by atoms with E-state index in [4.69, 9.17) is 34.8 Å². The van der Waals surface area contributed by atoms with Crippen LogP contribution in [0.2, 0.25) is 0 Å². The smallest absolute Gasteiger partial charge is 0.244 e. The van der Waals surface area contributed by atoms with Crippen molar-refractivity contribution in [2.45, 2.75) is 93.0 Å². The zero-order chi connectivity index (χ0) is 36.8. The highest BCUT2D eigenvalue weighted by Gasteiger charge is 2.47. The van der Waals surface area contributed by atoms with Gasteiger partial charge in [-0.25, -0.2) is 9.48 Å². The normalized spacial score (nSPS) is 14.8. The predicted molar refractivity (Wildman–Crippen MR) is 220 cm³/mol. The van der Waals surface area contributed by atoms with Crippen LogP contribution in [0.15, 0.2) is 48.5 Å². The lowest BCUT2D eigenvalue weighted by Crippen LogP contribution is -3.00. The first-order valence-corrected chi connectivity index (χ1v) is 18.8. The van der Waals surface area contributed by atoms with E-state index < -0.39 is 3.79 Å². The van der Waals surface area contributed by atoms with Gasteiger partial charge in [-0.3, -0.25) is 0 Å². The van der Waals surface area contributed by atoms with Crippen LogP contribution in [0.1, 0.15) is 66.8 Å². The van der Waals surface area contributed by atoms with E-state index in [-0.39, 0.29) is 18.6 Å². The topological polar surface area (TPSA) is 12.7 Å². The van der Waals surface area contributed by atoms with Crippen molar-refractivity contribution in [1.29, 1.82) is 0 Å². The van der Waals surface area contributed by atoms with Crippen molar-refractivity contribution in [3.63, 3.8) is 0 Å². The average Bonchev–Trinajstić information content (AvgIpc) is 3.59. The first-order valence-electron chi connectivity index (χ1n) is 17.7. The third-order valence-corrected chi connectivity index (χ3v) is 10.6. The van der Waals surface area contributed by atoms with Gasteiger partial charge in [0, 0.05) is 24.5 Å². The Hall–Kier alpha value is -2.89. The number of aryl methyl sites for hydroxylation is 12. The molecule has 4 aromatic carbocycles. The van der Waals surface area contributed by atoms with Gasteiger partial charge in [0.25, 0.3) is 0 Å². The highest BCUT2D eigenvalue weighted by Crippen LogP contribution is 2.45. The fraction of sp³-hybridized carbons (Fsp3) is 0.419. The molecule has 0 amide bonds. The monoisotopic (exact) mass is 766 g/mol. The maximum absolute atomic E-state index is 6.55. The van der Waals surface area contributed by atoms with Gasteiger partial charge < -0.3 is 22.2 Å². The summed E-state index contributed by atoms with van der Waals surface area (Å²) in [5, 5.41) is 0. The van der Waals surface area contributed by atoms with E-state index >= 15 is 0 Å². The van der Waals surface area contributed by atoms with E-state index in [0.717, 1.165) is 26.2 Å². The molecule has 2 aliphatic heterocycles. The van der Waals surface area contributed by atoms with Gasteiger partial charge in [-0.05, 0) is 128 Å². The van der Waals surface area contributed by atoms with Crippen molar-refractivity contribution in [3.05, 3.63) is 115 Å². The highest BCUT2D eigenvalue weighted by molar-refractivity contribution is 6.68. The number of rotatable bonds is 4. The largest absolute Gasteiger partial charge is 1.00 e. The van der Waals surface area contributed by atoms with Crippen LogP contribution in [-0.4, -0.2) is 47.1 Å². The Morgan fingerprint density at radius 3 is 1.14 bits per heavy atom. The summed E-state index contributed by atoms with van der Waals surface area (Å²) in [5.74, 6) is 0. The predicted octanol–water partition coefficient (Wildman–Crippen LogP) is 8.29. The van der Waals surface area contributed by atoms with Crippen molar-refractivity contribution < 1.29 is 17.0 Å². The zero-order valence-electron chi connectivity index (χ0n) is 32.4. The van der Waals surface area contributed by atoms with E-state index in [9.17, 15) is 0 Å². The standard InChI is InChI=1S/C22H27Cl3N2.C21H27N2.ClH/c1-13-9-15(3)19(16(4)10-13)26-7-8-27(21(26)22(23,24)25)20-17(5)11-14(2)12-18(20)6;1-14-9-16(3)20(17(4)10-14)22-7-8-23(13-22)21-18(5)11-15(2)12-19(21)6;/h9-12,21H,7-8H2,1-6H3;9-13H,7-8H2,1-6H3;1H/q;+1;/p-1. The summed E-state index contributed by atoms with van der Waals surface area (Å²) in [6.45, 7) is 29.7. The minimum Gasteiger partial charge on any atom is -1.00 e. The van der Waals surface area contributed by atoms with Crippen LogP contribution < -0.4 is 27.1 Å². The molecule has 0 atom stereocenters. The van der Waals surface area contributed by atoms with Crippen LogP contribution in [0.5, 0.6) is 0 Å². The van der Waals surface area contributed by atoms with Gasteiger partial charge >= 0.3 is 0 Å². The molecule has 4 aromatic rings. The van der Waals surface area contributed by atoms with Gasteiger partial charge in [-0.1, -0.05) is 106 Å². The molecule has 2 heterocycles. The molecule has 274 valence electrons. The van der Waals surface area contributed by atoms with E-state index in [1.54, 1.807) is 0 Å². The molecular formula is C43H54Cl4N4. The first kappa shape index (κ1) is 40.9. The Morgan fingerprint density at radius 1 is 0.490 bits per heavy atom. The molecule has 8 heteroatoms. The Bertz CT molecular complexity index is 1800. The number of halogens is 4. The Balaban J connectivity index is 0.000000227. The van der Waals surface area contributed by atoms with Crippen LogP contribution in [0.3, 0.4) is 0 Å². The maximum Gasteiger partial charge on any atom is 0.244 e. The SMILES string of the molecule is Cc1cc(C)c(N2C=[N+](c3c(C)cc(C)cc3C)CC2)c(C)c1.Cc1cc(C)c(N2CCN(c3c(C)cc(C)cc3C)C2C(Cl)(Cl)Cl)c(C)c1.[Cl-]. The minimum absolute atomic E-state index is 0. The quantitative estimate of drug-likeness (QED) is 0.153. The third-order valence-electron chi connectivity index (χ3n) is 10.0. The van der Waals surface area contributed by atoms with Crippen LogP contribution >= 0.6 is 34.8 Å². The molecule has 0 aliphatic carbocycles. The molecule has 6 rings (SSSR count). The fourth-order valence-electron chi connectivity index (χ4n) is 8.79. The second kappa shape index (κ2) is 16.0. The number of alkyl halides is 3. The van der Waals surface area contributed by atoms with Gasteiger partial charge in [-0.2, -0.15) is 0 Å². The first-order chi connectivity index (χ1) is 23.4. The molecular weight excluding hydrogens is 714 g/mol. The van der Waals surface area contributed by atoms with Crippen molar-refractivity contribution in [2.75, 3.05) is 40.9 Å². The van der Waals surface area contributed by atoms with Crippen LogP contribution in [0, 0.1) is 83.1 Å². The van der Waals surface area contributed by atoms with Gasteiger partial charge in [-0.15, -0.1) is 0 Å². The van der Waals surface area contributed by atoms with Crippen LogP contribution in [0.25, 0.3) is 0 Å². The minimum atomic E-state index is -1.44. The number of benzene rings is 4. The number of hydrogen-bond donors (Lipinski definition) is 0. The summed E-state index contributed by atoms with van der Waals surface area (Å²) < 4.78 is 0.965. The van der Waals surface area contributed by atoms with Crippen molar-refractivity contribution in [3.8, 4) is 0 Å². The van der Waals surface area contributed by atoms with E-state index in [2.05, 4.69) is 157 Å². The molecule has 1 saturated heterocycles. The molecule has 0 N–H and O–H groups in total. The van der Waals surface area contributed by atoms with E-state index in [1.807, 2.05) is 0 Å². The Labute approximate surface area is 328 Å². The van der Waals surface area contributed by atoms with Gasteiger partial charge in [0.15, 0.2) is 6.17 Å². The molecule has 51 heavy (non-hydrogen) atoms. The van der Waals surface area contributed by atoms with E-state index in [1.165, 1.54) is 89.5 Å². The summed E-state index contributed by atoms with van der Waals surface area (Å²) >= 11 is 19.6. The second-order valence-electron chi connectivity index (χ2n) is 14.8. The van der Waals surface area contributed by atoms with Gasteiger partial charge in [0.2, 0.25) is 10.1 Å². The maximum atomic E-state index is 6.55. The molecule has 0 bridgehead atoms. The summed E-state index contributed by atoms with van der Waals surface area (Å²) in [5.41, 5.74) is 20.5. The number of anilines is 3. The highest BCUT2D eigenvalue weighted by atomic mass is 35.6. The summed E-state index contributed by atoms with van der Waals surface area (Å²) in [6, 6.07) is 17.9. The molecule has 1 fully saturated rings. The number of hydrogen-bond acceptors (Lipinski definition) is 3. The van der Waals surface area contributed by atoms with Crippen molar-refractivity contribution in [1.82, 2.24) is 0 Å². The lowest BCUT2D eigenvalue weighted by atomic mass is 10.0. The van der Waals surface area contributed by atoms with Gasteiger partial charge in [0.1, 0.15) is 24.5 Å².